The van der Waals surface area contributed by atoms with Crippen molar-refractivity contribution >= 4 is 17.3 Å². The fraction of sp³-hybridized carbons (Fsp3) is 0.167. The molecule has 0 aliphatic carbocycles. The molecule has 0 aliphatic rings. The molecule has 0 saturated carbocycles. The molecule has 0 radical (unpaired) electrons. The Morgan fingerprint density at radius 2 is 2.00 bits per heavy atom. The molecule has 66 valence electrons. The Labute approximate surface area is 71.2 Å². The number of pyridine rings is 1. The highest BCUT2D eigenvalue weighted by molar-refractivity contribution is 6.29. The second-order valence-electron chi connectivity index (χ2n) is 2.09. The minimum Gasteiger partial charge on any atom is -0.398 e. The Bertz CT molecular complexity index is 297. The van der Waals surface area contributed by atoms with Crippen LogP contribution >= 0.6 is 11.6 Å². The van der Waals surface area contributed by atoms with Crippen LogP contribution in [0.25, 0.3) is 0 Å². The predicted molar refractivity (Wildman–Crippen MR) is 38.7 cm³/mol. The van der Waals surface area contributed by atoms with Crippen molar-refractivity contribution in [2.45, 2.75) is 6.18 Å². The van der Waals surface area contributed by atoms with Gasteiger partial charge in [0.15, 0.2) is 0 Å². The predicted octanol–water partition coefficient (Wildman–Crippen LogP) is 2.34. The lowest BCUT2D eigenvalue weighted by atomic mass is 10.2. The normalized spacial score (nSPS) is 11.7. The van der Waals surface area contributed by atoms with Crippen LogP contribution in [-0.4, -0.2) is 4.98 Å². The lowest BCUT2D eigenvalue weighted by Crippen LogP contribution is -2.09. The number of hydrogen-bond donors (Lipinski definition) is 1. The monoisotopic (exact) mass is 196 g/mol. The molecule has 0 saturated heterocycles. The van der Waals surface area contributed by atoms with E-state index in [0.717, 1.165) is 6.07 Å². The van der Waals surface area contributed by atoms with Crippen LogP contribution in [0, 0.1) is 0 Å². The highest BCUT2D eigenvalue weighted by Gasteiger charge is 2.33. The highest BCUT2D eigenvalue weighted by atomic mass is 35.5. The van der Waals surface area contributed by atoms with Crippen LogP contribution in [0.15, 0.2) is 12.3 Å². The van der Waals surface area contributed by atoms with Gasteiger partial charge in [-0.15, -0.1) is 0 Å². The van der Waals surface area contributed by atoms with Crippen molar-refractivity contribution in [2.24, 2.45) is 0 Å². The summed E-state index contributed by atoms with van der Waals surface area (Å²) in [7, 11) is 0. The van der Waals surface area contributed by atoms with Crippen molar-refractivity contribution < 1.29 is 13.2 Å². The topological polar surface area (TPSA) is 38.9 Å². The van der Waals surface area contributed by atoms with Crippen molar-refractivity contribution in [1.29, 1.82) is 0 Å². The minimum absolute atomic E-state index is 0.0551. The van der Waals surface area contributed by atoms with Crippen molar-refractivity contribution in [3.8, 4) is 0 Å². The summed E-state index contributed by atoms with van der Waals surface area (Å²) in [6.45, 7) is 0. The number of rotatable bonds is 0. The van der Waals surface area contributed by atoms with Crippen LogP contribution in [0.4, 0.5) is 18.9 Å². The van der Waals surface area contributed by atoms with Crippen LogP contribution < -0.4 is 5.73 Å². The molecule has 0 bridgehead atoms. The average Bonchev–Trinajstić information content (AvgIpc) is 1.83. The maximum Gasteiger partial charge on any atom is 0.419 e. The number of hydrogen-bond acceptors (Lipinski definition) is 2. The second-order valence-corrected chi connectivity index (χ2v) is 2.48. The van der Waals surface area contributed by atoms with Crippen LogP contribution in [-0.2, 0) is 6.18 Å². The summed E-state index contributed by atoms with van der Waals surface area (Å²) in [5.74, 6) is 0. The molecule has 2 N–H and O–H groups in total. The maximum absolute atomic E-state index is 12.0. The van der Waals surface area contributed by atoms with Gasteiger partial charge < -0.3 is 5.73 Å². The van der Waals surface area contributed by atoms with Gasteiger partial charge in [0.25, 0.3) is 0 Å². The summed E-state index contributed by atoms with van der Waals surface area (Å²) < 4.78 is 36.1. The first-order chi connectivity index (χ1) is 5.41. The highest BCUT2D eigenvalue weighted by Crippen LogP contribution is 2.33. The van der Waals surface area contributed by atoms with E-state index in [1.165, 1.54) is 0 Å². The van der Waals surface area contributed by atoms with E-state index in [4.69, 9.17) is 17.3 Å². The molecule has 0 aromatic carbocycles. The molecule has 0 amide bonds. The molecule has 0 spiro atoms. The molecule has 12 heavy (non-hydrogen) atoms. The van der Waals surface area contributed by atoms with Crippen molar-refractivity contribution in [3.05, 3.63) is 23.0 Å². The Hall–Kier alpha value is -0.970. The zero-order valence-electron chi connectivity index (χ0n) is 5.69. The van der Waals surface area contributed by atoms with E-state index < -0.39 is 17.4 Å². The first-order valence-electron chi connectivity index (χ1n) is 2.89. The summed E-state index contributed by atoms with van der Waals surface area (Å²) in [6.07, 6.45) is -3.86. The number of nitrogens with two attached hydrogens (primary N) is 1. The van der Waals surface area contributed by atoms with Gasteiger partial charge in [0.1, 0.15) is 5.15 Å². The molecule has 0 atom stereocenters. The quantitative estimate of drug-likeness (QED) is 0.647. The minimum atomic E-state index is -4.47. The van der Waals surface area contributed by atoms with Crippen LogP contribution in [0.3, 0.4) is 0 Å². The van der Waals surface area contributed by atoms with Gasteiger partial charge in [-0.2, -0.15) is 13.2 Å². The molecule has 1 aromatic rings. The van der Waals surface area contributed by atoms with Crippen LogP contribution in [0.1, 0.15) is 5.56 Å². The third-order valence-corrected chi connectivity index (χ3v) is 1.41. The van der Waals surface area contributed by atoms with Crippen LogP contribution in [0.5, 0.6) is 0 Å². The number of nitrogens with zero attached hydrogens (tertiary/aromatic N) is 1. The van der Waals surface area contributed by atoms with E-state index in [1.54, 1.807) is 0 Å². The molecule has 1 heterocycles. The third-order valence-electron chi connectivity index (χ3n) is 1.21. The van der Waals surface area contributed by atoms with Gasteiger partial charge in [0, 0.05) is 11.9 Å². The molecule has 0 unspecified atom stereocenters. The SMILES string of the molecule is Nc1cc(Cl)ncc1C(F)(F)F. The Kier molecular flexibility index (Phi) is 2.14. The Balaban J connectivity index is 3.19. The molecule has 2 nitrogen and oxygen atoms in total. The molecule has 6 heteroatoms. The molecule has 1 rings (SSSR count). The zero-order chi connectivity index (χ0) is 9.35. The zero-order valence-corrected chi connectivity index (χ0v) is 6.45. The summed E-state index contributed by atoms with van der Waals surface area (Å²) in [6, 6.07) is 0.963. The summed E-state index contributed by atoms with van der Waals surface area (Å²) >= 11 is 5.31. The standard InChI is InChI=1S/C6H4ClF3N2/c7-5-1-4(11)3(2-12-5)6(8,9)10/h1-2H,(H2,11,12). The number of anilines is 1. The smallest absolute Gasteiger partial charge is 0.398 e. The van der Waals surface area contributed by atoms with Crippen molar-refractivity contribution in [2.75, 3.05) is 5.73 Å². The van der Waals surface area contributed by atoms with Crippen molar-refractivity contribution in [3.63, 3.8) is 0 Å². The van der Waals surface area contributed by atoms with E-state index in [9.17, 15) is 13.2 Å². The van der Waals surface area contributed by atoms with Gasteiger partial charge in [-0.1, -0.05) is 11.6 Å². The third kappa shape index (κ3) is 1.79. The van der Waals surface area contributed by atoms with Gasteiger partial charge in [-0.25, -0.2) is 4.98 Å². The lowest BCUT2D eigenvalue weighted by molar-refractivity contribution is -0.137. The molecule has 1 aromatic heterocycles. The van der Waals surface area contributed by atoms with Crippen molar-refractivity contribution in [1.82, 2.24) is 4.98 Å². The molecular weight excluding hydrogens is 193 g/mol. The summed E-state index contributed by atoms with van der Waals surface area (Å²) in [5.41, 5.74) is 3.68. The lowest BCUT2D eigenvalue weighted by Gasteiger charge is -2.08. The average molecular weight is 197 g/mol. The van der Waals surface area contributed by atoms with Gasteiger partial charge in [-0.05, 0) is 6.07 Å². The van der Waals surface area contributed by atoms with Gasteiger partial charge in [0.05, 0.1) is 5.56 Å². The van der Waals surface area contributed by atoms with E-state index in [1.807, 2.05) is 0 Å². The van der Waals surface area contributed by atoms with Gasteiger partial charge >= 0.3 is 6.18 Å². The van der Waals surface area contributed by atoms with E-state index in [0.29, 0.717) is 6.20 Å². The van der Waals surface area contributed by atoms with Crippen LogP contribution in [0.2, 0.25) is 5.15 Å². The molecular formula is C6H4ClF3N2. The summed E-state index contributed by atoms with van der Waals surface area (Å²) in [5, 5.41) is -0.0551. The second kappa shape index (κ2) is 2.82. The van der Waals surface area contributed by atoms with Gasteiger partial charge in [-0.3, -0.25) is 0 Å². The number of nitrogen functional groups attached to an aromatic ring is 1. The Morgan fingerprint density at radius 3 is 2.42 bits per heavy atom. The number of alkyl halides is 3. The van der Waals surface area contributed by atoms with E-state index >= 15 is 0 Å². The first-order valence-corrected chi connectivity index (χ1v) is 3.27. The number of aromatic nitrogens is 1. The maximum atomic E-state index is 12.0. The van der Waals surface area contributed by atoms with E-state index in [2.05, 4.69) is 4.98 Å². The van der Waals surface area contributed by atoms with E-state index in [-0.39, 0.29) is 5.15 Å². The Morgan fingerprint density at radius 1 is 1.42 bits per heavy atom. The summed E-state index contributed by atoms with van der Waals surface area (Å²) in [4.78, 5) is 3.27. The number of halogens is 4. The fourth-order valence-corrected chi connectivity index (χ4v) is 0.847. The fourth-order valence-electron chi connectivity index (χ4n) is 0.681. The molecule has 0 fully saturated rings. The van der Waals surface area contributed by atoms with Gasteiger partial charge in [0.2, 0.25) is 0 Å². The molecule has 0 aliphatic heterocycles. The first kappa shape index (κ1) is 9.12. The largest absolute Gasteiger partial charge is 0.419 e.